The van der Waals surface area contributed by atoms with Crippen molar-refractivity contribution in [1.82, 2.24) is 0 Å². The van der Waals surface area contributed by atoms with Gasteiger partial charge in [0, 0.05) is 18.8 Å². The lowest BCUT2D eigenvalue weighted by molar-refractivity contribution is 0.154. The lowest BCUT2D eigenvalue weighted by atomic mass is 10.1. The smallest absolute Gasteiger partial charge is 0.143 e. The van der Waals surface area contributed by atoms with E-state index in [1.165, 1.54) is 12.1 Å². The van der Waals surface area contributed by atoms with Crippen molar-refractivity contribution in [3.8, 4) is 6.07 Å². The van der Waals surface area contributed by atoms with E-state index < -0.39 is 5.82 Å². The fraction of sp³-hybridized carbons (Fsp3) is 0.417. The third kappa shape index (κ3) is 2.15. The Labute approximate surface area is 93.7 Å². The summed E-state index contributed by atoms with van der Waals surface area (Å²) in [6.07, 6.45) is 1.37. The van der Waals surface area contributed by atoms with Crippen LogP contribution in [0.15, 0.2) is 18.2 Å². The lowest BCUT2D eigenvalue weighted by Crippen LogP contribution is -2.38. The van der Waals surface area contributed by atoms with Crippen molar-refractivity contribution in [2.75, 3.05) is 18.0 Å². The molecular weight excluding hydrogens is 207 g/mol. The minimum Gasteiger partial charge on any atom is -0.391 e. The van der Waals surface area contributed by atoms with Crippen molar-refractivity contribution < 1.29 is 9.50 Å². The van der Waals surface area contributed by atoms with Gasteiger partial charge in [0.2, 0.25) is 0 Å². The molecule has 2 rings (SSSR count). The van der Waals surface area contributed by atoms with Gasteiger partial charge in [0.15, 0.2) is 0 Å². The van der Waals surface area contributed by atoms with Crippen molar-refractivity contribution in [1.29, 1.82) is 5.26 Å². The number of hydrogen-bond acceptors (Lipinski definition) is 3. The van der Waals surface area contributed by atoms with Gasteiger partial charge < -0.3 is 10.0 Å². The fourth-order valence-corrected chi connectivity index (χ4v) is 1.98. The minimum absolute atomic E-state index is 0.0568. The second-order valence-electron chi connectivity index (χ2n) is 4.02. The predicted octanol–water partition coefficient (Wildman–Crippen LogP) is 1.66. The molecule has 1 N–H and O–H groups in total. The molecule has 3 nitrogen and oxygen atoms in total. The van der Waals surface area contributed by atoms with Gasteiger partial charge in [0.05, 0.1) is 11.7 Å². The molecule has 1 aromatic rings. The van der Waals surface area contributed by atoms with E-state index in [1.54, 1.807) is 12.1 Å². The van der Waals surface area contributed by atoms with Crippen LogP contribution in [0.4, 0.5) is 10.1 Å². The molecule has 4 heteroatoms. The van der Waals surface area contributed by atoms with E-state index in [0.29, 0.717) is 6.54 Å². The normalized spacial score (nSPS) is 20.6. The summed E-state index contributed by atoms with van der Waals surface area (Å²) in [6, 6.07) is 6.35. The van der Waals surface area contributed by atoms with E-state index in [4.69, 9.17) is 5.26 Å². The minimum atomic E-state index is -0.500. The van der Waals surface area contributed by atoms with E-state index in [1.807, 2.05) is 4.90 Å². The first kappa shape index (κ1) is 10.9. The molecule has 1 aromatic carbocycles. The van der Waals surface area contributed by atoms with E-state index >= 15 is 0 Å². The Kier molecular flexibility index (Phi) is 3.07. The highest BCUT2D eigenvalue weighted by atomic mass is 19.1. The predicted molar refractivity (Wildman–Crippen MR) is 58.6 cm³/mol. The van der Waals surface area contributed by atoms with Crippen LogP contribution in [-0.2, 0) is 0 Å². The van der Waals surface area contributed by atoms with E-state index in [0.717, 1.165) is 25.1 Å². The molecule has 0 spiro atoms. The molecule has 16 heavy (non-hydrogen) atoms. The van der Waals surface area contributed by atoms with Gasteiger partial charge >= 0.3 is 0 Å². The van der Waals surface area contributed by atoms with Gasteiger partial charge in [-0.2, -0.15) is 5.26 Å². The Bertz CT molecular complexity index is 428. The molecule has 84 valence electrons. The van der Waals surface area contributed by atoms with Crippen LogP contribution in [0.5, 0.6) is 0 Å². The number of nitrogens with zero attached hydrogens (tertiary/aromatic N) is 2. The average Bonchev–Trinajstić information content (AvgIpc) is 2.29. The molecule has 0 aliphatic carbocycles. The number of hydrogen-bond donors (Lipinski definition) is 1. The number of piperidine rings is 1. The number of anilines is 1. The zero-order chi connectivity index (χ0) is 11.5. The van der Waals surface area contributed by atoms with E-state index in [2.05, 4.69) is 0 Å². The summed E-state index contributed by atoms with van der Waals surface area (Å²) in [6.45, 7) is 1.35. The highest BCUT2D eigenvalue weighted by molar-refractivity contribution is 5.50. The van der Waals surface area contributed by atoms with Crippen molar-refractivity contribution in [2.24, 2.45) is 0 Å². The van der Waals surface area contributed by atoms with Gasteiger partial charge in [-0.3, -0.25) is 0 Å². The topological polar surface area (TPSA) is 47.3 Å². The average molecular weight is 220 g/mol. The number of aliphatic hydroxyl groups excluding tert-OH is 1. The van der Waals surface area contributed by atoms with E-state index in [9.17, 15) is 9.50 Å². The molecule has 0 aromatic heterocycles. The van der Waals surface area contributed by atoms with Crippen LogP contribution in [0, 0.1) is 17.1 Å². The number of rotatable bonds is 1. The van der Waals surface area contributed by atoms with Crippen molar-refractivity contribution in [3.05, 3.63) is 29.6 Å². The third-order valence-corrected chi connectivity index (χ3v) is 2.83. The molecule has 1 heterocycles. The first-order chi connectivity index (χ1) is 7.70. The Hall–Kier alpha value is -1.60. The largest absolute Gasteiger partial charge is 0.391 e. The molecule has 1 aliphatic rings. The summed E-state index contributed by atoms with van der Waals surface area (Å²) in [7, 11) is 0. The SMILES string of the molecule is N#Cc1ccc(N2CCCC(O)C2)cc1F. The van der Waals surface area contributed by atoms with Crippen molar-refractivity contribution >= 4 is 5.69 Å². The molecule has 0 radical (unpaired) electrons. The first-order valence-electron chi connectivity index (χ1n) is 5.33. The van der Waals surface area contributed by atoms with Crippen molar-refractivity contribution in [2.45, 2.75) is 18.9 Å². The Balaban J connectivity index is 2.21. The molecule has 1 unspecified atom stereocenters. The Morgan fingerprint density at radius 3 is 2.94 bits per heavy atom. The summed E-state index contributed by atoms with van der Waals surface area (Å²) in [5.74, 6) is -0.500. The molecular formula is C12H13FN2O. The van der Waals surface area contributed by atoms with Gasteiger partial charge in [-0.15, -0.1) is 0 Å². The van der Waals surface area contributed by atoms with Gasteiger partial charge in [-0.25, -0.2) is 4.39 Å². The number of halogens is 1. The van der Waals surface area contributed by atoms with Gasteiger partial charge in [-0.1, -0.05) is 0 Å². The summed E-state index contributed by atoms with van der Waals surface area (Å²) in [5.41, 5.74) is 0.788. The molecule has 1 atom stereocenters. The van der Waals surface area contributed by atoms with Crippen LogP contribution < -0.4 is 4.90 Å². The standard InChI is InChI=1S/C12H13FN2O/c13-12-6-10(4-3-9(12)7-14)15-5-1-2-11(16)8-15/h3-4,6,11,16H,1-2,5,8H2. The highest BCUT2D eigenvalue weighted by Gasteiger charge is 2.18. The van der Waals surface area contributed by atoms with Gasteiger partial charge in [0.25, 0.3) is 0 Å². The number of aliphatic hydroxyl groups is 1. The van der Waals surface area contributed by atoms with Gasteiger partial charge in [-0.05, 0) is 31.0 Å². The summed E-state index contributed by atoms with van der Waals surface area (Å²) < 4.78 is 13.4. The molecule has 0 bridgehead atoms. The zero-order valence-electron chi connectivity index (χ0n) is 8.86. The van der Waals surface area contributed by atoms with Crippen LogP contribution in [0.25, 0.3) is 0 Å². The molecule has 1 fully saturated rings. The van der Waals surface area contributed by atoms with Crippen LogP contribution in [-0.4, -0.2) is 24.3 Å². The third-order valence-electron chi connectivity index (χ3n) is 2.83. The zero-order valence-corrected chi connectivity index (χ0v) is 8.86. The lowest BCUT2D eigenvalue weighted by Gasteiger charge is -2.32. The molecule has 0 amide bonds. The summed E-state index contributed by atoms with van der Waals surface area (Å²) in [4.78, 5) is 1.94. The monoisotopic (exact) mass is 220 g/mol. The maximum absolute atomic E-state index is 13.4. The quantitative estimate of drug-likeness (QED) is 0.783. The second kappa shape index (κ2) is 4.50. The van der Waals surface area contributed by atoms with Crippen LogP contribution >= 0.6 is 0 Å². The molecule has 1 aliphatic heterocycles. The number of benzene rings is 1. The first-order valence-corrected chi connectivity index (χ1v) is 5.33. The van der Waals surface area contributed by atoms with Gasteiger partial charge in [0.1, 0.15) is 11.9 Å². The molecule has 0 saturated carbocycles. The van der Waals surface area contributed by atoms with Crippen molar-refractivity contribution in [3.63, 3.8) is 0 Å². The Morgan fingerprint density at radius 2 is 2.31 bits per heavy atom. The van der Waals surface area contributed by atoms with Crippen LogP contribution in [0.3, 0.4) is 0 Å². The molecule has 1 saturated heterocycles. The second-order valence-corrected chi connectivity index (χ2v) is 4.02. The summed E-state index contributed by atoms with van der Waals surface area (Å²) in [5, 5.41) is 18.1. The Morgan fingerprint density at radius 1 is 1.50 bits per heavy atom. The summed E-state index contributed by atoms with van der Waals surface area (Å²) >= 11 is 0. The number of β-amino-alcohol motifs (C(OH)–C–C–N with tert-alkyl or cyclic N) is 1. The fourth-order valence-electron chi connectivity index (χ4n) is 1.98. The highest BCUT2D eigenvalue weighted by Crippen LogP contribution is 2.22. The number of nitriles is 1. The van der Waals surface area contributed by atoms with Crippen LogP contribution in [0.2, 0.25) is 0 Å². The maximum atomic E-state index is 13.4. The van der Waals surface area contributed by atoms with E-state index in [-0.39, 0.29) is 11.7 Å². The maximum Gasteiger partial charge on any atom is 0.143 e. The van der Waals surface area contributed by atoms with Crippen LogP contribution in [0.1, 0.15) is 18.4 Å².